The maximum absolute atomic E-state index is 12.8. The van der Waals surface area contributed by atoms with Crippen LogP contribution in [0.1, 0.15) is 26.7 Å². The van der Waals surface area contributed by atoms with E-state index in [9.17, 15) is 14.4 Å². The lowest BCUT2D eigenvalue weighted by Crippen LogP contribution is -2.58. The second-order valence-corrected chi connectivity index (χ2v) is 8.19. The molecule has 0 aliphatic carbocycles. The van der Waals surface area contributed by atoms with Crippen LogP contribution in [-0.2, 0) is 9.59 Å². The Morgan fingerprint density at radius 1 is 1.21 bits per heavy atom. The van der Waals surface area contributed by atoms with Crippen LogP contribution in [-0.4, -0.2) is 71.4 Å². The Morgan fingerprint density at radius 3 is 2.46 bits per heavy atom. The van der Waals surface area contributed by atoms with Crippen molar-refractivity contribution < 1.29 is 19.1 Å². The number of hydrogen-bond donors (Lipinski definition) is 0. The predicted octanol–water partition coefficient (Wildman–Crippen LogP) is 2.63. The molecule has 3 rings (SSSR count). The molecule has 8 heteroatoms. The summed E-state index contributed by atoms with van der Waals surface area (Å²) in [5.41, 5.74) is -0.837. The Bertz CT molecular complexity index is 774. The molecule has 0 bridgehead atoms. The van der Waals surface area contributed by atoms with Gasteiger partial charge in [-0.15, -0.1) is 0 Å². The molecule has 2 fully saturated rings. The average Bonchev–Trinajstić information content (AvgIpc) is 2.84. The van der Waals surface area contributed by atoms with Gasteiger partial charge in [0, 0.05) is 26.7 Å². The molecule has 152 valence electrons. The minimum absolute atomic E-state index is 0.112. The van der Waals surface area contributed by atoms with Crippen molar-refractivity contribution >= 4 is 29.4 Å². The summed E-state index contributed by atoms with van der Waals surface area (Å²) in [7, 11) is 1.53. The van der Waals surface area contributed by atoms with E-state index in [-0.39, 0.29) is 30.4 Å². The van der Waals surface area contributed by atoms with Gasteiger partial charge in [-0.05, 0) is 30.9 Å². The third-order valence-electron chi connectivity index (χ3n) is 5.42. The molecule has 0 N–H and O–H groups in total. The van der Waals surface area contributed by atoms with Crippen LogP contribution in [0, 0.1) is 5.92 Å². The molecule has 2 heterocycles. The second kappa shape index (κ2) is 7.99. The number of amides is 4. The first-order valence-electron chi connectivity index (χ1n) is 9.51. The van der Waals surface area contributed by atoms with Crippen LogP contribution >= 0.6 is 11.6 Å². The van der Waals surface area contributed by atoms with Crippen molar-refractivity contribution in [1.29, 1.82) is 0 Å². The van der Waals surface area contributed by atoms with Gasteiger partial charge in [0.25, 0.3) is 11.8 Å². The summed E-state index contributed by atoms with van der Waals surface area (Å²) in [6.07, 6.45) is 0.874. The predicted molar refractivity (Wildman–Crippen MR) is 105 cm³/mol. The summed E-state index contributed by atoms with van der Waals surface area (Å²) >= 11 is 6.05. The van der Waals surface area contributed by atoms with Crippen molar-refractivity contribution in [3.05, 3.63) is 29.3 Å². The van der Waals surface area contributed by atoms with Gasteiger partial charge in [-0.3, -0.25) is 14.5 Å². The van der Waals surface area contributed by atoms with Gasteiger partial charge < -0.3 is 14.5 Å². The van der Waals surface area contributed by atoms with Gasteiger partial charge in [-0.2, -0.15) is 0 Å². The highest BCUT2D eigenvalue weighted by molar-refractivity contribution is 6.32. The van der Waals surface area contributed by atoms with Gasteiger partial charge in [0.1, 0.15) is 11.3 Å². The molecule has 2 aliphatic heterocycles. The number of urea groups is 1. The summed E-state index contributed by atoms with van der Waals surface area (Å²) < 4.78 is 5.53. The fourth-order valence-corrected chi connectivity index (χ4v) is 4.09. The number of benzene rings is 1. The molecule has 4 amide bonds. The topological polar surface area (TPSA) is 70.2 Å². The van der Waals surface area contributed by atoms with Crippen molar-refractivity contribution in [3.63, 3.8) is 0 Å². The SMILES string of the molecule is CC(C)CN1C(=O)N(C)C(=O)C12CCN(C(=O)COc1ccccc1Cl)CC2. The number of hydrogen-bond acceptors (Lipinski definition) is 4. The molecule has 0 saturated carbocycles. The number of carbonyl (C=O) groups is 3. The molecule has 0 aromatic heterocycles. The lowest BCUT2D eigenvalue weighted by atomic mass is 9.85. The van der Waals surface area contributed by atoms with Crippen molar-refractivity contribution in [3.8, 4) is 5.75 Å². The van der Waals surface area contributed by atoms with Gasteiger partial charge in [-0.1, -0.05) is 37.6 Å². The number of halogens is 1. The molecule has 0 radical (unpaired) electrons. The Balaban J connectivity index is 1.64. The first-order valence-corrected chi connectivity index (χ1v) is 9.89. The van der Waals surface area contributed by atoms with Crippen molar-refractivity contribution in [2.24, 2.45) is 5.92 Å². The normalized spacial score (nSPS) is 19.1. The molecule has 7 nitrogen and oxygen atoms in total. The molecule has 28 heavy (non-hydrogen) atoms. The summed E-state index contributed by atoms with van der Waals surface area (Å²) in [6.45, 7) is 5.28. The summed E-state index contributed by atoms with van der Waals surface area (Å²) in [5.74, 6) is 0.393. The molecule has 0 unspecified atom stereocenters. The van der Waals surface area contributed by atoms with E-state index in [2.05, 4.69) is 0 Å². The Kier molecular flexibility index (Phi) is 5.84. The van der Waals surface area contributed by atoms with Crippen LogP contribution in [0.3, 0.4) is 0 Å². The highest BCUT2D eigenvalue weighted by Gasteiger charge is 2.57. The van der Waals surface area contributed by atoms with Gasteiger partial charge in [0.05, 0.1) is 5.02 Å². The highest BCUT2D eigenvalue weighted by Crippen LogP contribution is 2.37. The zero-order chi connectivity index (χ0) is 20.5. The van der Waals surface area contributed by atoms with E-state index >= 15 is 0 Å². The number of likely N-dealkylation sites (tertiary alicyclic amines) is 1. The monoisotopic (exact) mass is 407 g/mol. The summed E-state index contributed by atoms with van der Waals surface area (Å²) in [4.78, 5) is 42.5. The fraction of sp³-hybridized carbons (Fsp3) is 0.550. The van der Waals surface area contributed by atoms with Gasteiger partial charge >= 0.3 is 6.03 Å². The summed E-state index contributed by atoms with van der Waals surface area (Å²) in [5, 5.41) is 0.454. The number of rotatable bonds is 5. The largest absolute Gasteiger partial charge is 0.482 e. The van der Waals surface area contributed by atoms with Crippen LogP contribution in [0.5, 0.6) is 5.75 Å². The molecule has 1 spiro atoms. The van der Waals surface area contributed by atoms with E-state index in [1.807, 2.05) is 13.8 Å². The van der Waals surface area contributed by atoms with Crippen LogP contribution in [0.15, 0.2) is 24.3 Å². The minimum Gasteiger partial charge on any atom is -0.482 e. The number of para-hydroxylation sites is 1. The zero-order valence-corrected chi connectivity index (χ0v) is 17.2. The van der Waals surface area contributed by atoms with Crippen LogP contribution in [0.4, 0.5) is 4.79 Å². The van der Waals surface area contributed by atoms with Crippen LogP contribution < -0.4 is 4.74 Å². The van der Waals surface area contributed by atoms with E-state index in [1.165, 1.54) is 11.9 Å². The van der Waals surface area contributed by atoms with E-state index in [1.54, 1.807) is 34.1 Å². The van der Waals surface area contributed by atoms with Gasteiger partial charge in [0.2, 0.25) is 0 Å². The number of piperidine rings is 1. The maximum atomic E-state index is 12.8. The van der Waals surface area contributed by atoms with Crippen LogP contribution in [0.2, 0.25) is 5.02 Å². The number of nitrogens with zero attached hydrogens (tertiary/aromatic N) is 3. The van der Waals surface area contributed by atoms with E-state index in [0.29, 0.717) is 43.2 Å². The first-order chi connectivity index (χ1) is 13.3. The fourth-order valence-electron chi connectivity index (χ4n) is 3.90. The Morgan fingerprint density at radius 2 is 1.86 bits per heavy atom. The van der Waals surface area contributed by atoms with Crippen molar-refractivity contribution in [1.82, 2.24) is 14.7 Å². The number of likely N-dealkylation sites (N-methyl/N-ethyl adjacent to an activating group) is 1. The molecule has 1 aromatic carbocycles. The standard InChI is InChI=1S/C20H26ClN3O4/c1-14(2)12-24-19(27)22(3)18(26)20(24)8-10-23(11-9-20)17(25)13-28-16-7-5-4-6-15(16)21/h4-7,14H,8-13H2,1-3H3. The quantitative estimate of drug-likeness (QED) is 0.703. The Hall–Kier alpha value is -2.28. The average molecular weight is 408 g/mol. The molecule has 0 atom stereocenters. The third-order valence-corrected chi connectivity index (χ3v) is 5.73. The molecular formula is C20H26ClN3O4. The minimum atomic E-state index is -0.837. The van der Waals surface area contributed by atoms with Gasteiger partial charge in [0.15, 0.2) is 6.61 Å². The third kappa shape index (κ3) is 3.68. The van der Waals surface area contributed by atoms with E-state index < -0.39 is 5.54 Å². The zero-order valence-electron chi connectivity index (χ0n) is 16.5. The van der Waals surface area contributed by atoms with Gasteiger partial charge in [-0.25, -0.2) is 4.79 Å². The lowest BCUT2D eigenvalue weighted by Gasteiger charge is -2.42. The second-order valence-electron chi connectivity index (χ2n) is 7.78. The lowest BCUT2D eigenvalue weighted by molar-refractivity contribution is -0.141. The summed E-state index contributed by atoms with van der Waals surface area (Å²) in [6, 6.07) is 6.75. The smallest absolute Gasteiger partial charge is 0.327 e. The molecular weight excluding hydrogens is 382 g/mol. The van der Waals surface area contributed by atoms with Crippen molar-refractivity contribution in [2.75, 3.05) is 33.3 Å². The molecule has 2 aliphatic rings. The number of imide groups is 1. The van der Waals surface area contributed by atoms with E-state index in [4.69, 9.17) is 16.3 Å². The molecule has 1 aromatic rings. The van der Waals surface area contributed by atoms with Crippen LogP contribution in [0.25, 0.3) is 0 Å². The molecule has 2 saturated heterocycles. The highest BCUT2D eigenvalue weighted by atomic mass is 35.5. The van der Waals surface area contributed by atoms with Crippen molar-refractivity contribution in [2.45, 2.75) is 32.2 Å². The number of carbonyl (C=O) groups excluding carboxylic acids is 3. The Labute approximate surface area is 170 Å². The maximum Gasteiger partial charge on any atom is 0.327 e. The first kappa shape index (κ1) is 20.5. The number of ether oxygens (including phenoxy) is 1. The van der Waals surface area contributed by atoms with E-state index in [0.717, 1.165) is 0 Å².